The van der Waals surface area contributed by atoms with Crippen LogP contribution in [0.5, 0.6) is 0 Å². The molecule has 0 aliphatic rings. The number of carbonyl (C=O) groups is 2. The average molecular weight is 370 g/mol. The van der Waals surface area contributed by atoms with Gasteiger partial charge in [-0.15, -0.1) is 0 Å². The van der Waals surface area contributed by atoms with Crippen molar-refractivity contribution >= 4 is 11.9 Å². The van der Waals surface area contributed by atoms with Gasteiger partial charge in [-0.2, -0.15) is 0 Å². The molecule has 0 fully saturated rings. The van der Waals surface area contributed by atoms with Crippen LogP contribution < -0.4 is 0 Å². The predicted molar refractivity (Wildman–Crippen MR) is 96.9 cm³/mol. The summed E-state index contributed by atoms with van der Waals surface area (Å²) in [6.45, 7) is 7.74. The molecule has 1 aromatic carbocycles. The van der Waals surface area contributed by atoms with E-state index in [0.29, 0.717) is 13.2 Å². The van der Waals surface area contributed by atoms with Crippen molar-refractivity contribution in [3.05, 3.63) is 35.4 Å². The first kappa shape index (κ1) is 24.0. The first-order valence-corrected chi connectivity index (χ1v) is 8.55. The van der Waals surface area contributed by atoms with Gasteiger partial charge in [-0.1, -0.05) is 39.8 Å². The molecule has 0 aliphatic carbocycles. The lowest BCUT2D eigenvalue weighted by atomic mass is 10.1. The zero-order valence-corrected chi connectivity index (χ0v) is 15.8. The molecule has 3 N–H and O–H groups in total. The zero-order valence-electron chi connectivity index (χ0n) is 15.8. The van der Waals surface area contributed by atoms with Gasteiger partial charge in [-0.05, 0) is 24.0 Å². The van der Waals surface area contributed by atoms with Crippen LogP contribution in [0.2, 0.25) is 0 Å². The van der Waals surface area contributed by atoms with E-state index < -0.39 is 18.0 Å². The second-order valence-corrected chi connectivity index (χ2v) is 6.55. The average Bonchev–Trinajstić information content (AvgIpc) is 2.63. The number of carbonyl (C=O) groups excluding carboxylic acids is 2. The van der Waals surface area contributed by atoms with Crippen LogP contribution in [0.1, 0.15) is 48.4 Å². The zero-order chi connectivity index (χ0) is 20.1. The number of aliphatic hydroxyl groups excluding tert-OH is 3. The summed E-state index contributed by atoms with van der Waals surface area (Å²) in [6.07, 6.45) is -0.954. The molecule has 0 bridgehead atoms. The van der Waals surface area contributed by atoms with E-state index in [1.54, 1.807) is 24.3 Å². The van der Waals surface area contributed by atoms with Crippen LogP contribution >= 0.6 is 0 Å². The third-order valence-corrected chi connectivity index (χ3v) is 2.88. The molecule has 0 aliphatic heterocycles. The van der Waals surface area contributed by atoms with Crippen molar-refractivity contribution in [2.45, 2.75) is 33.8 Å². The summed E-state index contributed by atoms with van der Waals surface area (Å²) in [7, 11) is 0. The Morgan fingerprint density at radius 2 is 1.19 bits per heavy atom. The quantitative estimate of drug-likeness (QED) is 0.596. The minimum Gasteiger partial charge on any atom is -0.462 e. The topological polar surface area (TPSA) is 113 Å². The molecule has 0 spiro atoms. The molecule has 0 saturated heterocycles. The minimum atomic E-state index is -0.954. The fourth-order valence-electron chi connectivity index (χ4n) is 1.54. The molecule has 26 heavy (non-hydrogen) atoms. The molecular weight excluding hydrogens is 340 g/mol. The van der Waals surface area contributed by atoms with E-state index in [4.69, 9.17) is 24.8 Å². The van der Waals surface area contributed by atoms with E-state index in [0.717, 1.165) is 0 Å². The lowest BCUT2D eigenvalue weighted by Crippen LogP contribution is -2.17. The maximum absolute atomic E-state index is 12.0. The van der Waals surface area contributed by atoms with E-state index in [9.17, 15) is 9.59 Å². The van der Waals surface area contributed by atoms with Crippen molar-refractivity contribution in [1.29, 1.82) is 0 Å². The van der Waals surface area contributed by atoms with Crippen LogP contribution in [0.15, 0.2) is 24.3 Å². The van der Waals surface area contributed by atoms with Crippen molar-refractivity contribution in [1.82, 2.24) is 0 Å². The fourth-order valence-corrected chi connectivity index (χ4v) is 1.54. The van der Waals surface area contributed by atoms with Crippen LogP contribution in [-0.4, -0.2) is 59.8 Å². The van der Waals surface area contributed by atoms with Crippen molar-refractivity contribution in [3.8, 4) is 0 Å². The third kappa shape index (κ3) is 10.1. The van der Waals surface area contributed by atoms with Gasteiger partial charge in [-0.3, -0.25) is 0 Å². The van der Waals surface area contributed by atoms with Gasteiger partial charge < -0.3 is 24.8 Å². The Morgan fingerprint density at radius 1 is 0.846 bits per heavy atom. The molecule has 0 unspecified atom stereocenters. The van der Waals surface area contributed by atoms with E-state index in [1.807, 2.05) is 27.7 Å². The summed E-state index contributed by atoms with van der Waals surface area (Å²) < 4.78 is 10.3. The smallest absolute Gasteiger partial charge is 0.339 e. The third-order valence-electron chi connectivity index (χ3n) is 2.88. The molecule has 7 heteroatoms. The van der Waals surface area contributed by atoms with Crippen molar-refractivity contribution in [2.24, 2.45) is 11.8 Å². The monoisotopic (exact) mass is 370 g/mol. The van der Waals surface area contributed by atoms with Crippen molar-refractivity contribution in [2.75, 3.05) is 26.4 Å². The van der Waals surface area contributed by atoms with Gasteiger partial charge in [0.2, 0.25) is 0 Å². The van der Waals surface area contributed by atoms with Gasteiger partial charge in [0.15, 0.2) is 0 Å². The lowest BCUT2D eigenvalue weighted by Gasteiger charge is -2.11. The minimum absolute atomic E-state index is 0.249. The summed E-state index contributed by atoms with van der Waals surface area (Å²) >= 11 is 0. The summed E-state index contributed by atoms with van der Waals surface area (Å²) in [4.78, 5) is 24.0. The Hall–Kier alpha value is -1.96. The van der Waals surface area contributed by atoms with Crippen molar-refractivity contribution < 1.29 is 34.4 Å². The van der Waals surface area contributed by atoms with Gasteiger partial charge >= 0.3 is 11.9 Å². The molecule has 0 amide bonds. The molecule has 0 saturated carbocycles. The van der Waals surface area contributed by atoms with Crippen LogP contribution in [0.3, 0.4) is 0 Å². The number of hydrogen-bond donors (Lipinski definition) is 3. The lowest BCUT2D eigenvalue weighted by molar-refractivity contribution is 0.0412. The number of ether oxygens (including phenoxy) is 2. The highest BCUT2D eigenvalue weighted by Gasteiger charge is 2.19. The molecule has 1 aromatic rings. The molecular formula is C19H30O7. The first-order valence-electron chi connectivity index (χ1n) is 8.55. The molecule has 1 rings (SSSR count). The van der Waals surface area contributed by atoms with Gasteiger partial charge in [0, 0.05) is 0 Å². The Morgan fingerprint density at radius 3 is 1.42 bits per heavy atom. The van der Waals surface area contributed by atoms with E-state index in [-0.39, 0.29) is 36.2 Å². The summed E-state index contributed by atoms with van der Waals surface area (Å²) in [5.41, 5.74) is 0.504. The summed E-state index contributed by atoms with van der Waals surface area (Å²) in [6, 6.07) is 6.56. The van der Waals surface area contributed by atoms with Gasteiger partial charge in [0.05, 0.1) is 37.6 Å². The summed E-state index contributed by atoms with van der Waals surface area (Å²) in [5, 5.41) is 24.0. The maximum Gasteiger partial charge on any atom is 0.339 e. The normalized spacial score (nSPS) is 10.5. The highest BCUT2D eigenvalue weighted by Crippen LogP contribution is 2.13. The largest absolute Gasteiger partial charge is 0.462 e. The van der Waals surface area contributed by atoms with Gasteiger partial charge in [0.1, 0.15) is 6.10 Å². The Bertz CT molecular complexity index is 493. The number of benzene rings is 1. The molecule has 0 radical (unpaired) electrons. The molecule has 0 heterocycles. The van der Waals surface area contributed by atoms with Crippen LogP contribution in [0.25, 0.3) is 0 Å². The molecule has 0 atom stereocenters. The predicted octanol–water partition coefficient (Wildman–Crippen LogP) is 1.64. The highest BCUT2D eigenvalue weighted by molar-refractivity contribution is 6.03. The highest BCUT2D eigenvalue weighted by atomic mass is 16.5. The van der Waals surface area contributed by atoms with E-state index in [2.05, 4.69) is 0 Å². The number of esters is 2. The Labute approximate surface area is 154 Å². The second-order valence-electron chi connectivity index (χ2n) is 6.55. The number of rotatable bonds is 8. The molecule has 148 valence electrons. The van der Waals surface area contributed by atoms with E-state index in [1.165, 1.54) is 0 Å². The SMILES string of the molecule is CC(C)COC(=O)c1ccccc1C(=O)OCC(C)C.OCC(O)CO. The van der Waals surface area contributed by atoms with Crippen LogP contribution in [-0.2, 0) is 9.47 Å². The molecule has 7 nitrogen and oxygen atoms in total. The van der Waals surface area contributed by atoms with E-state index >= 15 is 0 Å². The Kier molecular flexibility index (Phi) is 12.3. The van der Waals surface area contributed by atoms with Crippen LogP contribution in [0.4, 0.5) is 0 Å². The summed E-state index contributed by atoms with van der Waals surface area (Å²) in [5.74, 6) is -0.482. The fraction of sp³-hybridized carbons (Fsp3) is 0.579. The van der Waals surface area contributed by atoms with Gasteiger partial charge in [0.25, 0.3) is 0 Å². The maximum atomic E-state index is 12.0. The van der Waals surface area contributed by atoms with Gasteiger partial charge in [-0.25, -0.2) is 9.59 Å². The van der Waals surface area contributed by atoms with Crippen LogP contribution in [0, 0.1) is 11.8 Å². The Balaban J connectivity index is 0.000000896. The van der Waals surface area contributed by atoms with Crippen molar-refractivity contribution in [3.63, 3.8) is 0 Å². The first-order chi connectivity index (χ1) is 12.2. The second kappa shape index (κ2) is 13.3. The number of aliphatic hydroxyl groups is 3. The standard InChI is InChI=1S/C16H22O4.C3H8O3/c1-11(2)9-19-15(17)13-7-5-6-8-14(13)16(18)20-10-12(3)4;4-1-3(6)2-5/h5-8,11-12H,9-10H2,1-4H3;3-6H,1-2H2. The number of hydrogen-bond acceptors (Lipinski definition) is 7. The molecule has 0 aromatic heterocycles.